The monoisotopic (exact) mass is 210 g/mol. The van der Waals surface area contributed by atoms with Crippen molar-refractivity contribution in [2.75, 3.05) is 0 Å². The summed E-state index contributed by atoms with van der Waals surface area (Å²) in [6, 6.07) is 0. The second-order valence-corrected chi connectivity index (χ2v) is 5.00. The van der Waals surface area contributed by atoms with Crippen molar-refractivity contribution >= 4 is 0 Å². The van der Waals surface area contributed by atoms with Crippen LogP contribution in [0.4, 0.5) is 0 Å². The summed E-state index contributed by atoms with van der Waals surface area (Å²) in [7, 11) is 0. The maximum Gasteiger partial charge on any atom is -0.0348 e. The lowest BCUT2D eigenvalue weighted by Gasteiger charge is -1.99. The molecule has 0 aliphatic heterocycles. The van der Waals surface area contributed by atoms with E-state index in [1.54, 1.807) is 0 Å². The van der Waals surface area contributed by atoms with Crippen LogP contribution in [0.15, 0.2) is 12.2 Å². The molecule has 0 radical (unpaired) electrons. The van der Waals surface area contributed by atoms with E-state index in [1.165, 1.54) is 57.8 Å². The van der Waals surface area contributed by atoms with Crippen molar-refractivity contribution in [3.63, 3.8) is 0 Å². The van der Waals surface area contributed by atoms with Gasteiger partial charge in [0.25, 0.3) is 0 Å². The van der Waals surface area contributed by atoms with E-state index in [0.717, 1.165) is 5.92 Å². The molecule has 90 valence electrons. The molecule has 0 rings (SSSR count). The summed E-state index contributed by atoms with van der Waals surface area (Å²) in [4.78, 5) is 0. The number of allylic oxidation sites excluding steroid dienone is 2. The molecule has 0 aliphatic rings. The van der Waals surface area contributed by atoms with Gasteiger partial charge < -0.3 is 0 Å². The van der Waals surface area contributed by atoms with Gasteiger partial charge in [0, 0.05) is 0 Å². The molecule has 0 N–H and O–H groups in total. The van der Waals surface area contributed by atoms with E-state index < -0.39 is 0 Å². The molecule has 0 heteroatoms. The molecule has 0 nitrogen and oxygen atoms in total. The molecule has 0 aromatic rings. The third-order valence-corrected chi connectivity index (χ3v) is 2.80. The molecule has 0 aliphatic carbocycles. The largest absolute Gasteiger partial charge is 0.0885 e. The van der Waals surface area contributed by atoms with Crippen LogP contribution in [0.2, 0.25) is 0 Å². The molecule has 0 aromatic heterocycles. The smallest absolute Gasteiger partial charge is 0.0348 e. The Labute approximate surface area is 97.2 Å². The zero-order chi connectivity index (χ0) is 11.4. The first-order valence-corrected chi connectivity index (χ1v) is 6.92. The summed E-state index contributed by atoms with van der Waals surface area (Å²) in [6.45, 7) is 6.86. The Morgan fingerprint density at radius 3 is 2.07 bits per heavy atom. The first-order chi connectivity index (χ1) is 7.27. The second kappa shape index (κ2) is 11.8. The van der Waals surface area contributed by atoms with Crippen LogP contribution < -0.4 is 0 Å². The van der Waals surface area contributed by atoms with Crippen molar-refractivity contribution in [3.05, 3.63) is 12.2 Å². The van der Waals surface area contributed by atoms with Crippen LogP contribution in [0.1, 0.15) is 78.6 Å². The quantitative estimate of drug-likeness (QED) is 0.319. The van der Waals surface area contributed by atoms with Gasteiger partial charge in [-0.05, 0) is 31.6 Å². The minimum absolute atomic E-state index is 0.851. The molecule has 0 atom stereocenters. The van der Waals surface area contributed by atoms with Crippen LogP contribution in [-0.4, -0.2) is 0 Å². The van der Waals surface area contributed by atoms with Crippen molar-refractivity contribution in [2.45, 2.75) is 78.6 Å². The van der Waals surface area contributed by atoms with Crippen molar-refractivity contribution in [1.29, 1.82) is 0 Å². The maximum atomic E-state index is 2.38. The zero-order valence-electron chi connectivity index (χ0n) is 11.1. The molecule has 0 spiro atoms. The molecule has 0 aromatic carbocycles. The van der Waals surface area contributed by atoms with E-state index in [4.69, 9.17) is 0 Å². The normalized spacial score (nSPS) is 11.7. The average molecular weight is 210 g/mol. The molecular weight excluding hydrogens is 180 g/mol. The van der Waals surface area contributed by atoms with Gasteiger partial charge in [0.05, 0.1) is 0 Å². The molecule has 0 saturated heterocycles. The summed E-state index contributed by atoms with van der Waals surface area (Å²) in [5.74, 6) is 0.851. The number of hydrogen-bond acceptors (Lipinski definition) is 0. The third-order valence-electron chi connectivity index (χ3n) is 2.80. The molecule has 0 heterocycles. The fraction of sp³-hybridized carbons (Fsp3) is 0.867. The first kappa shape index (κ1) is 14.7. The predicted molar refractivity (Wildman–Crippen MR) is 71.2 cm³/mol. The van der Waals surface area contributed by atoms with Gasteiger partial charge in [0.2, 0.25) is 0 Å². The van der Waals surface area contributed by atoms with Crippen LogP contribution in [0.25, 0.3) is 0 Å². The van der Waals surface area contributed by atoms with E-state index in [0.29, 0.717) is 0 Å². The van der Waals surface area contributed by atoms with Crippen molar-refractivity contribution in [2.24, 2.45) is 5.92 Å². The van der Waals surface area contributed by atoms with Crippen molar-refractivity contribution in [3.8, 4) is 0 Å². The minimum atomic E-state index is 0.851. The Bertz CT molecular complexity index is 133. The number of rotatable bonds is 10. The van der Waals surface area contributed by atoms with Gasteiger partial charge in [0.15, 0.2) is 0 Å². The number of unbranched alkanes of at least 4 members (excludes halogenated alkanes) is 6. The van der Waals surface area contributed by atoms with Gasteiger partial charge >= 0.3 is 0 Å². The fourth-order valence-electron chi connectivity index (χ4n) is 1.71. The SMILES string of the molecule is CCCCCCCC/C=C\CCC(C)C. The summed E-state index contributed by atoms with van der Waals surface area (Å²) in [5.41, 5.74) is 0. The van der Waals surface area contributed by atoms with Gasteiger partial charge in [-0.1, -0.05) is 65.0 Å². The van der Waals surface area contributed by atoms with Crippen LogP contribution in [0.3, 0.4) is 0 Å². The Balaban J connectivity index is 3.03. The maximum absolute atomic E-state index is 2.38. The zero-order valence-corrected chi connectivity index (χ0v) is 11.1. The summed E-state index contributed by atoms with van der Waals surface area (Å²) >= 11 is 0. The summed E-state index contributed by atoms with van der Waals surface area (Å²) in [5, 5.41) is 0. The summed E-state index contributed by atoms with van der Waals surface area (Å²) < 4.78 is 0. The van der Waals surface area contributed by atoms with Gasteiger partial charge in [-0.15, -0.1) is 0 Å². The van der Waals surface area contributed by atoms with Crippen LogP contribution in [0.5, 0.6) is 0 Å². The Kier molecular flexibility index (Phi) is 11.6. The lowest BCUT2D eigenvalue weighted by molar-refractivity contribution is 0.592. The third kappa shape index (κ3) is 13.7. The average Bonchev–Trinajstić information content (AvgIpc) is 2.20. The highest BCUT2D eigenvalue weighted by atomic mass is 14.0. The molecular formula is C15H30. The molecule has 15 heavy (non-hydrogen) atoms. The standard InChI is InChI=1S/C15H30/c1-4-5-6-7-8-9-10-11-12-13-14-15(2)3/h11-12,15H,4-10,13-14H2,1-3H3/b12-11-. The highest BCUT2D eigenvalue weighted by Gasteiger charge is 1.90. The van der Waals surface area contributed by atoms with Gasteiger partial charge in [-0.25, -0.2) is 0 Å². The first-order valence-electron chi connectivity index (χ1n) is 6.92. The lowest BCUT2D eigenvalue weighted by Crippen LogP contribution is -1.83. The van der Waals surface area contributed by atoms with Gasteiger partial charge in [-0.2, -0.15) is 0 Å². The predicted octanol–water partition coefficient (Wildman–Crippen LogP) is 5.73. The second-order valence-electron chi connectivity index (χ2n) is 5.00. The van der Waals surface area contributed by atoms with E-state index in [2.05, 4.69) is 32.9 Å². The Hall–Kier alpha value is -0.260. The molecule has 0 bridgehead atoms. The van der Waals surface area contributed by atoms with E-state index >= 15 is 0 Å². The van der Waals surface area contributed by atoms with Gasteiger partial charge in [-0.3, -0.25) is 0 Å². The van der Waals surface area contributed by atoms with Gasteiger partial charge in [0.1, 0.15) is 0 Å². The summed E-state index contributed by atoms with van der Waals surface area (Å²) in [6.07, 6.45) is 17.1. The van der Waals surface area contributed by atoms with Crippen LogP contribution >= 0.6 is 0 Å². The van der Waals surface area contributed by atoms with E-state index in [9.17, 15) is 0 Å². The molecule has 0 unspecified atom stereocenters. The number of hydrogen-bond donors (Lipinski definition) is 0. The fourth-order valence-corrected chi connectivity index (χ4v) is 1.71. The van der Waals surface area contributed by atoms with Crippen LogP contribution in [0, 0.1) is 5.92 Å². The van der Waals surface area contributed by atoms with Crippen molar-refractivity contribution < 1.29 is 0 Å². The minimum Gasteiger partial charge on any atom is -0.0885 e. The van der Waals surface area contributed by atoms with Crippen molar-refractivity contribution in [1.82, 2.24) is 0 Å². The van der Waals surface area contributed by atoms with E-state index in [1.807, 2.05) is 0 Å². The Morgan fingerprint density at radius 1 is 0.800 bits per heavy atom. The highest BCUT2D eigenvalue weighted by molar-refractivity contribution is 4.81. The molecule has 0 saturated carbocycles. The van der Waals surface area contributed by atoms with Crippen LogP contribution in [-0.2, 0) is 0 Å². The lowest BCUT2D eigenvalue weighted by atomic mass is 10.1. The van der Waals surface area contributed by atoms with E-state index in [-0.39, 0.29) is 0 Å². The topological polar surface area (TPSA) is 0 Å². The molecule has 0 amide bonds. The highest BCUT2D eigenvalue weighted by Crippen LogP contribution is 2.08. The Morgan fingerprint density at radius 2 is 1.40 bits per heavy atom. The molecule has 0 fully saturated rings.